The first-order valence-corrected chi connectivity index (χ1v) is 10.2. The van der Waals surface area contributed by atoms with Gasteiger partial charge in [-0.3, -0.25) is 19.2 Å². The lowest BCUT2D eigenvalue weighted by Crippen LogP contribution is -2.58. The number of nitrogens with one attached hydrogen (secondary N) is 1. The van der Waals surface area contributed by atoms with Crippen LogP contribution in [0.3, 0.4) is 0 Å². The topological polar surface area (TPSA) is 150 Å². The first kappa shape index (κ1) is 21.9. The molecule has 0 fully saturated rings. The third-order valence-electron chi connectivity index (χ3n) is 6.30. The van der Waals surface area contributed by atoms with E-state index < -0.39 is 58.4 Å². The monoisotopic (exact) mass is 441 g/mol. The number of Topliss-reactive ketones (excluding diaryl/α,β-unsaturated/α-hetero) is 4. The first-order valence-electron chi connectivity index (χ1n) is 10.2. The standard InChI is InChI=1S/C23H23NO8/c1-8-5-9(2)17(27)20(30)22(31)23(4)7-24-14-18(28)11-6-10(3)16(26)13(15(8)25)12(11)19(29)21(14)32-23/h5-6,9,17,20,24,26-27,30H,7H2,1-4H3/b8-5-/t9-,17+,20-,23-/m0/s1. The zero-order valence-corrected chi connectivity index (χ0v) is 18.0. The number of benzene rings is 1. The van der Waals surface area contributed by atoms with E-state index in [-0.39, 0.29) is 40.1 Å². The van der Waals surface area contributed by atoms with Crippen molar-refractivity contribution in [1.82, 2.24) is 5.32 Å². The van der Waals surface area contributed by atoms with E-state index in [1.807, 2.05) is 0 Å². The minimum absolute atomic E-state index is 0.0609. The first-order chi connectivity index (χ1) is 14.9. The fourth-order valence-electron chi connectivity index (χ4n) is 4.34. The van der Waals surface area contributed by atoms with Crippen LogP contribution in [0.15, 0.2) is 29.2 Å². The highest BCUT2D eigenvalue weighted by molar-refractivity contribution is 6.31. The van der Waals surface area contributed by atoms with Gasteiger partial charge < -0.3 is 25.4 Å². The molecule has 4 N–H and O–H groups in total. The summed E-state index contributed by atoms with van der Waals surface area (Å²) < 4.78 is 5.70. The van der Waals surface area contributed by atoms with Gasteiger partial charge in [-0.25, -0.2) is 0 Å². The summed E-state index contributed by atoms with van der Waals surface area (Å²) in [6, 6.07) is 1.33. The molecule has 168 valence electrons. The molecule has 3 aliphatic rings. The second kappa shape index (κ2) is 7.11. The molecule has 2 heterocycles. The number of hydrogen-bond donors (Lipinski definition) is 4. The molecule has 9 heteroatoms. The molecule has 0 spiro atoms. The summed E-state index contributed by atoms with van der Waals surface area (Å²) in [6.45, 7) is 5.54. The summed E-state index contributed by atoms with van der Waals surface area (Å²) in [5, 5.41) is 34.5. The van der Waals surface area contributed by atoms with Crippen molar-refractivity contribution in [2.75, 3.05) is 6.54 Å². The Morgan fingerprint density at radius 3 is 2.38 bits per heavy atom. The molecule has 0 unspecified atom stereocenters. The number of aromatic hydroxyl groups is 1. The summed E-state index contributed by atoms with van der Waals surface area (Å²) in [4.78, 5) is 52.9. The largest absolute Gasteiger partial charge is 0.507 e. The number of phenolic OH excluding ortho intramolecular Hbond substituents is 1. The molecule has 9 nitrogen and oxygen atoms in total. The van der Waals surface area contributed by atoms with Crippen LogP contribution in [-0.4, -0.2) is 62.8 Å². The maximum absolute atomic E-state index is 13.4. The van der Waals surface area contributed by atoms with Crippen LogP contribution in [0.25, 0.3) is 0 Å². The zero-order chi connectivity index (χ0) is 23.7. The SMILES string of the molecule is C/C1=C/[C@H](C)[C@@H](O)[C@H](O)C(=O)[C@]2(C)CNC3=C(O2)C(=O)c2c(cc(C)c(O)c2C1=O)C3=O. The second-order valence-corrected chi connectivity index (χ2v) is 8.73. The van der Waals surface area contributed by atoms with Gasteiger partial charge in [0.25, 0.3) is 0 Å². The van der Waals surface area contributed by atoms with Crippen LogP contribution >= 0.6 is 0 Å². The predicted molar refractivity (Wildman–Crippen MR) is 110 cm³/mol. The number of aliphatic hydroxyl groups excluding tert-OH is 2. The lowest BCUT2D eigenvalue weighted by molar-refractivity contribution is -0.154. The second-order valence-electron chi connectivity index (χ2n) is 8.73. The number of hydrogen-bond acceptors (Lipinski definition) is 9. The highest BCUT2D eigenvalue weighted by atomic mass is 16.5. The number of fused-ring (bicyclic) bond motifs is 1. The van der Waals surface area contributed by atoms with Crippen molar-refractivity contribution in [2.45, 2.75) is 45.5 Å². The maximum Gasteiger partial charge on any atom is 0.231 e. The number of allylic oxidation sites excluding steroid dienone is 3. The average Bonchev–Trinajstić information content (AvgIpc) is 2.76. The van der Waals surface area contributed by atoms with Gasteiger partial charge in [0, 0.05) is 11.5 Å². The summed E-state index contributed by atoms with van der Waals surface area (Å²) >= 11 is 0. The smallest absolute Gasteiger partial charge is 0.231 e. The molecule has 0 radical (unpaired) electrons. The van der Waals surface area contributed by atoms with Crippen molar-refractivity contribution in [2.24, 2.45) is 5.92 Å². The minimum atomic E-state index is -1.87. The van der Waals surface area contributed by atoms with E-state index >= 15 is 0 Å². The number of ether oxygens (including phenoxy) is 1. The van der Waals surface area contributed by atoms with Crippen LogP contribution in [0.4, 0.5) is 0 Å². The van der Waals surface area contributed by atoms with E-state index in [9.17, 15) is 34.5 Å². The number of phenols is 1. The van der Waals surface area contributed by atoms with Gasteiger partial charge >= 0.3 is 0 Å². The normalized spacial score (nSPS) is 31.8. The van der Waals surface area contributed by atoms with Crippen LogP contribution in [-0.2, 0) is 9.53 Å². The fourth-order valence-corrected chi connectivity index (χ4v) is 4.34. The van der Waals surface area contributed by atoms with Gasteiger partial charge in [0.2, 0.25) is 17.3 Å². The summed E-state index contributed by atoms with van der Waals surface area (Å²) in [5.41, 5.74) is -2.35. The molecule has 1 aliphatic carbocycles. The number of ketones is 4. The van der Waals surface area contributed by atoms with Gasteiger partial charge in [-0.1, -0.05) is 13.0 Å². The van der Waals surface area contributed by atoms with Crippen LogP contribution in [0, 0.1) is 12.8 Å². The highest BCUT2D eigenvalue weighted by Gasteiger charge is 2.50. The van der Waals surface area contributed by atoms with Gasteiger partial charge in [0.1, 0.15) is 17.6 Å². The molecule has 4 atom stereocenters. The van der Waals surface area contributed by atoms with Crippen LogP contribution in [0.1, 0.15) is 57.4 Å². The summed E-state index contributed by atoms with van der Waals surface area (Å²) in [5.74, 6) is -4.82. The Morgan fingerprint density at radius 2 is 1.72 bits per heavy atom. The van der Waals surface area contributed by atoms with Crippen molar-refractivity contribution >= 4 is 23.1 Å². The zero-order valence-electron chi connectivity index (χ0n) is 18.0. The average molecular weight is 441 g/mol. The third kappa shape index (κ3) is 2.92. The Balaban J connectivity index is 2.06. The van der Waals surface area contributed by atoms with Crippen LogP contribution in [0.2, 0.25) is 0 Å². The predicted octanol–water partition coefficient (Wildman–Crippen LogP) is 0.739. The molecule has 1 aromatic carbocycles. The van der Waals surface area contributed by atoms with Gasteiger partial charge in [-0.05, 0) is 38.0 Å². The summed E-state index contributed by atoms with van der Waals surface area (Å²) in [7, 11) is 0. The van der Waals surface area contributed by atoms with Gasteiger partial charge in [-0.15, -0.1) is 0 Å². The van der Waals surface area contributed by atoms with Crippen molar-refractivity contribution in [3.05, 3.63) is 51.4 Å². The van der Waals surface area contributed by atoms with Crippen molar-refractivity contribution < 1.29 is 39.2 Å². The molecular formula is C23H23NO8. The van der Waals surface area contributed by atoms with Gasteiger partial charge in [-0.2, -0.15) is 0 Å². The van der Waals surface area contributed by atoms with E-state index in [1.165, 1.54) is 39.8 Å². The van der Waals surface area contributed by atoms with Gasteiger partial charge in [0.05, 0.1) is 23.8 Å². The van der Waals surface area contributed by atoms with E-state index in [2.05, 4.69) is 5.32 Å². The number of aryl methyl sites for hydroxylation is 1. The number of carbonyl (C=O) groups is 4. The molecule has 0 saturated carbocycles. The maximum atomic E-state index is 13.4. The molecule has 1 aromatic rings. The van der Waals surface area contributed by atoms with E-state index in [1.54, 1.807) is 0 Å². The Morgan fingerprint density at radius 1 is 1.06 bits per heavy atom. The Labute approximate surface area is 183 Å². The van der Waals surface area contributed by atoms with E-state index in [0.29, 0.717) is 0 Å². The number of rotatable bonds is 0. The highest BCUT2D eigenvalue weighted by Crippen LogP contribution is 2.39. The van der Waals surface area contributed by atoms with Crippen molar-refractivity contribution in [3.8, 4) is 5.75 Å². The Kier molecular flexibility index (Phi) is 4.87. The van der Waals surface area contributed by atoms with Gasteiger partial charge in [0.15, 0.2) is 17.1 Å². The molecular weight excluding hydrogens is 418 g/mol. The molecule has 32 heavy (non-hydrogen) atoms. The van der Waals surface area contributed by atoms with Crippen LogP contribution < -0.4 is 5.32 Å². The lowest BCUT2D eigenvalue weighted by atomic mass is 9.82. The number of carbonyl (C=O) groups excluding carboxylic acids is 4. The Bertz CT molecular complexity index is 1180. The lowest BCUT2D eigenvalue weighted by Gasteiger charge is -2.39. The van der Waals surface area contributed by atoms with E-state index in [0.717, 1.165) is 0 Å². The third-order valence-corrected chi connectivity index (χ3v) is 6.30. The molecule has 3 bridgehead atoms. The minimum Gasteiger partial charge on any atom is -0.507 e. The molecule has 0 saturated heterocycles. The summed E-state index contributed by atoms with van der Waals surface area (Å²) in [6.07, 6.45) is -2.09. The Hall–Kier alpha value is -3.30. The molecule has 4 rings (SSSR count). The number of aliphatic hydroxyl groups is 2. The van der Waals surface area contributed by atoms with Crippen LogP contribution in [0.5, 0.6) is 5.75 Å². The molecule has 0 aromatic heterocycles. The quantitative estimate of drug-likeness (QED) is 0.457. The van der Waals surface area contributed by atoms with E-state index in [4.69, 9.17) is 4.74 Å². The molecule has 0 amide bonds. The molecule has 2 aliphatic heterocycles. The van der Waals surface area contributed by atoms with Crippen molar-refractivity contribution in [3.63, 3.8) is 0 Å². The van der Waals surface area contributed by atoms with Crippen molar-refractivity contribution in [1.29, 1.82) is 0 Å². The fraction of sp³-hybridized carbons (Fsp3) is 0.391.